The molecule has 1 atom stereocenters. The average Bonchev–Trinajstić information content (AvgIpc) is 2.18. The maximum Gasteiger partial charge on any atom is 0.454 e. The minimum atomic E-state index is -1.00. The predicted octanol–water partition coefficient (Wildman–Crippen LogP) is 3.38. The largest absolute Gasteiger partial charge is 0.494 e. The summed E-state index contributed by atoms with van der Waals surface area (Å²) in [6.07, 6.45) is 3.59. The number of aromatic nitrogens is 1. The molecule has 0 saturated carbocycles. The number of nitrogens with zero attached hydrogens (tertiary/aromatic N) is 1. The Balaban J connectivity index is 2.28. The van der Waals surface area contributed by atoms with Crippen LogP contribution in [-0.4, -0.2) is 19.5 Å². The van der Waals surface area contributed by atoms with Crippen molar-refractivity contribution in [1.82, 2.24) is 4.98 Å². The van der Waals surface area contributed by atoms with Crippen LogP contribution in [0, 0.1) is 0 Å². The quantitative estimate of drug-likeness (QED) is 0.583. The van der Waals surface area contributed by atoms with Crippen LogP contribution < -0.4 is 0 Å². The van der Waals surface area contributed by atoms with Gasteiger partial charge in [-0.3, -0.25) is 0 Å². The highest BCUT2D eigenvalue weighted by Gasteiger charge is 2.24. The van der Waals surface area contributed by atoms with Gasteiger partial charge in [-0.15, -0.1) is 0 Å². The van der Waals surface area contributed by atoms with E-state index in [9.17, 15) is 0 Å². The molecule has 4 heteroatoms. The molecule has 2 rings (SSSR count). The molecular formula is C11H15AlClNO. The zero-order valence-electron chi connectivity index (χ0n) is 9.16. The number of rotatable bonds is 2. The maximum absolute atomic E-state index is 5.99. The number of pyridine rings is 1. The van der Waals surface area contributed by atoms with Gasteiger partial charge < -0.3 is 3.79 Å². The first-order valence-electron chi connectivity index (χ1n) is 5.47. The third kappa shape index (κ3) is 2.73. The van der Waals surface area contributed by atoms with Crippen LogP contribution >= 0.6 is 11.6 Å². The number of aryl methyl sites for hydroxylation is 1. The molecule has 1 aliphatic carbocycles. The molecule has 0 spiro atoms. The van der Waals surface area contributed by atoms with Gasteiger partial charge in [0.2, 0.25) is 0 Å². The van der Waals surface area contributed by atoms with Crippen molar-refractivity contribution in [2.75, 3.05) is 0 Å². The summed E-state index contributed by atoms with van der Waals surface area (Å²) in [6, 6.07) is 3.96. The van der Waals surface area contributed by atoms with Gasteiger partial charge in [-0.05, 0) is 30.9 Å². The summed E-state index contributed by atoms with van der Waals surface area (Å²) in [6.45, 7) is 0. The van der Waals surface area contributed by atoms with Gasteiger partial charge in [0.05, 0.1) is 11.8 Å². The van der Waals surface area contributed by atoms with Crippen molar-refractivity contribution in [2.45, 2.75) is 36.9 Å². The molecule has 0 amide bonds. The fraction of sp³-hybridized carbons (Fsp3) is 0.545. The van der Waals surface area contributed by atoms with Crippen molar-refractivity contribution in [1.29, 1.82) is 0 Å². The fourth-order valence-electron chi connectivity index (χ4n) is 2.04. The molecule has 0 saturated heterocycles. The van der Waals surface area contributed by atoms with Crippen molar-refractivity contribution in [3.63, 3.8) is 0 Å². The van der Waals surface area contributed by atoms with E-state index in [-0.39, 0.29) is 6.10 Å². The van der Waals surface area contributed by atoms with E-state index >= 15 is 0 Å². The van der Waals surface area contributed by atoms with E-state index in [1.807, 2.05) is 6.07 Å². The summed E-state index contributed by atoms with van der Waals surface area (Å²) >= 11 is 4.92. The van der Waals surface area contributed by atoms with E-state index in [0.717, 1.165) is 18.5 Å². The van der Waals surface area contributed by atoms with Gasteiger partial charge in [0.15, 0.2) is 0 Å². The predicted molar refractivity (Wildman–Crippen MR) is 63.5 cm³/mol. The third-order valence-electron chi connectivity index (χ3n) is 2.63. The van der Waals surface area contributed by atoms with Crippen LogP contribution in [0.25, 0.3) is 0 Å². The monoisotopic (exact) mass is 239 g/mol. The minimum absolute atomic E-state index is 0.194. The molecule has 0 N–H and O–H groups in total. The van der Waals surface area contributed by atoms with E-state index in [1.54, 1.807) is 0 Å². The molecule has 80 valence electrons. The Kier molecular flexibility index (Phi) is 3.69. The molecule has 0 aliphatic heterocycles. The molecule has 0 bridgehead atoms. The Bertz CT molecular complexity index is 356. The van der Waals surface area contributed by atoms with Crippen LogP contribution in [-0.2, 0) is 10.2 Å². The zero-order valence-corrected chi connectivity index (χ0v) is 11.1. The van der Waals surface area contributed by atoms with Gasteiger partial charge in [0.25, 0.3) is 0 Å². The van der Waals surface area contributed by atoms with Gasteiger partial charge in [-0.2, -0.15) is 0 Å². The summed E-state index contributed by atoms with van der Waals surface area (Å²) < 4.78 is 5.99. The lowest BCUT2D eigenvalue weighted by Gasteiger charge is -2.26. The highest BCUT2D eigenvalue weighted by molar-refractivity contribution is 6.48. The SMILES string of the molecule is [CH3][Al]([CH3])[O]C1CCCc2ccc(Cl)nc21. The second-order valence-electron chi connectivity index (χ2n) is 4.24. The molecule has 0 fully saturated rings. The Hall–Kier alpha value is -0.0675. The molecule has 0 radical (unpaired) electrons. The lowest BCUT2D eigenvalue weighted by atomic mass is 9.94. The van der Waals surface area contributed by atoms with E-state index in [4.69, 9.17) is 15.4 Å². The lowest BCUT2D eigenvalue weighted by Crippen LogP contribution is -2.20. The molecule has 2 nitrogen and oxygen atoms in total. The van der Waals surface area contributed by atoms with Gasteiger partial charge in [0.1, 0.15) is 5.15 Å². The standard InChI is InChI=1S/C9H9ClNO.2CH3.Al/c10-8-5-4-6-2-1-3-7(12)9(6)11-8;;;/h4-5,7H,1-3H2;2*1H3;/q-1;;;+1. The van der Waals surface area contributed by atoms with Crippen LogP contribution in [0.1, 0.15) is 30.2 Å². The Labute approximate surface area is 100 Å². The lowest BCUT2D eigenvalue weighted by molar-refractivity contribution is 0.180. The number of hydrogen-bond acceptors (Lipinski definition) is 2. The topological polar surface area (TPSA) is 22.1 Å². The van der Waals surface area contributed by atoms with Crippen molar-refractivity contribution < 1.29 is 3.79 Å². The minimum Gasteiger partial charge on any atom is -0.494 e. The van der Waals surface area contributed by atoms with Gasteiger partial charge in [-0.1, -0.05) is 29.2 Å². The van der Waals surface area contributed by atoms with Crippen LogP contribution in [0.3, 0.4) is 0 Å². The summed E-state index contributed by atoms with van der Waals surface area (Å²) in [4.78, 5) is 4.41. The Morgan fingerprint density at radius 2 is 2.27 bits per heavy atom. The third-order valence-corrected chi connectivity index (χ3v) is 3.72. The molecule has 15 heavy (non-hydrogen) atoms. The second-order valence-corrected chi connectivity index (χ2v) is 7.00. The number of fused-ring (bicyclic) bond motifs is 1. The van der Waals surface area contributed by atoms with Crippen molar-refractivity contribution >= 4 is 26.1 Å². The van der Waals surface area contributed by atoms with Crippen LogP contribution in [0.15, 0.2) is 12.1 Å². The Morgan fingerprint density at radius 3 is 3.00 bits per heavy atom. The molecule has 1 heterocycles. The van der Waals surface area contributed by atoms with Crippen LogP contribution in [0.2, 0.25) is 16.7 Å². The van der Waals surface area contributed by atoms with Gasteiger partial charge in [-0.25, -0.2) is 4.98 Å². The van der Waals surface area contributed by atoms with E-state index in [2.05, 4.69) is 22.6 Å². The first kappa shape index (κ1) is 11.4. The van der Waals surface area contributed by atoms with Crippen molar-refractivity contribution in [2.24, 2.45) is 0 Å². The molecule has 1 unspecified atom stereocenters. The summed E-state index contributed by atoms with van der Waals surface area (Å²) in [7, 11) is 0. The highest BCUT2D eigenvalue weighted by Crippen LogP contribution is 2.32. The van der Waals surface area contributed by atoms with Gasteiger partial charge >= 0.3 is 14.5 Å². The molecule has 0 aromatic carbocycles. The first-order chi connectivity index (χ1) is 7.16. The second kappa shape index (κ2) is 4.84. The molecular weight excluding hydrogens is 225 g/mol. The van der Waals surface area contributed by atoms with E-state index < -0.39 is 14.5 Å². The number of halogens is 1. The molecule has 1 aromatic heterocycles. The maximum atomic E-state index is 5.99. The summed E-state index contributed by atoms with van der Waals surface area (Å²) in [5.41, 5.74) is 2.39. The average molecular weight is 240 g/mol. The van der Waals surface area contributed by atoms with E-state index in [1.165, 1.54) is 12.0 Å². The van der Waals surface area contributed by atoms with E-state index in [0.29, 0.717) is 5.15 Å². The molecule has 1 aliphatic rings. The smallest absolute Gasteiger partial charge is 0.454 e. The first-order valence-corrected chi connectivity index (χ1v) is 8.63. The summed E-state index contributed by atoms with van der Waals surface area (Å²) in [5, 5.41) is 0.578. The van der Waals surface area contributed by atoms with Crippen molar-refractivity contribution in [3.05, 3.63) is 28.5 Å². The Morgan fingerprint density at radius 1 is 1.47 bits per heavy atom. The van der Waals surface area contributed by atoms with Gasteiger partial charge in [0, 0.05) is 0 Å². The highest BCUT2D eigenvalue weighted by atomic mass is 35.5. The van der Waals surface area contributed by atoms with Crippen LogP contribution in [0.5, 0.6) is 0 Å². The summed E-state index contributed by atoms with van der Waals surface area (Å²) in [5.74, 6) is 4.39. The normalized spacial score (nSPS) is 19.8. The number of hydrogen-bond donors (Lipinski definition) is 0. The molecule has 1 aromatic rings. The van der Waals surface area contributed by atoms with Crippen molar-refractivity contribution in [3.8, 4) is 0 Å². The van der Waals surface area contributed by atoms with Crippen LogP contribution in [0.4, 0.5) is 0 Å². The fourth-order valence-corrected chi connectivity index (χ4v) is 3.12. The zero-order chi connectivity index (χ0) is 10.8.